The molecule has 0 aliphatic heterocycles. The summed E-state index contributed by atoms with van der Waals surface area (Å²) in [6.07, 6.45) is 0.539. The fraction of sp³-hybridized carbons (Fsp3) is 0.462. The maximum absolute atomic E-state index is 11.4. The molecule has 0 heterocycles. The van der Waals surface area contributed by atoms with Crippen molar-refractivity contribution in [1.29, 1.82) is 0 Å². The van der Waals surface area contributed by atoms with Gasteiger partial charge in [0.1, 0.15) is 5.78 Å². The molecule has 0 unspecified atom stereocenters. The molecule has 2 heteroatoms. The molecular formula is C13H19BrO. The van der Waals surface area contributed by atoms with E-state index in [4.69, 9.17) is 0 Å². The van der Waals surface area contributed by atoms with Crippen LogP contribution in [0, 0.1) is 5.92 Å². The highest BCUT2D eigenvalue weighted by Gasteiger charge is 2.07. The lowest BCUT2D eigenvalue weighted by molar-refractivity contribution is -0.121. The average molecular weight is 271 g/mol. The van der Waals surface area contributed by atoms with Crippen LogP contribution in [0.3, 0.4) is 0 Å². The Bertz CT molecular complexity index is 305. The van der Waals surface area contributed by atoms with E-state index < -0.39 is 0 Å². The second-order valence-corrected chi connectivity index (χ2v) is 4.34. The number of Topliss-reactive ketones (excluding diaryl/α,β-unsaturated/α-hetero) is 1. The molecule has 84 valence electrons. The zero-order valence-corrected chi connectivity index (χ0v) is 11.5. The highest BCUT2D eigenvalue weighted by molar-refractivity contribution is 9.10. The van der Waals surface area contributed by atoms with Gasteiger partial charge in [-0.3, -0.25) is 4.79 Å². The molecule has 0 aliphatic carbocycles. The van der Waals surface area contributed by atoms with E-state index in [-0.39, 0.29) is 11.7 Å². The Morgan fingerprint density at radius 3 is 2.40 bits per heavy atom. The molecule has 1 aromatic rings. The lowest BCUT2D eigenvalue weighted by Gasteiger charge is -2.03. The smallest absolute Gasteiger partial charge is 0.139 e. The van der Waals surface area contributed by atoms with Gasteiger partial charge in [0.25, 0.3) is 0 Å². The average Bonchev–Trinajstić information content (AvgIpc) is 2.20. The minimum Gasteiger partial charge on any atom is -0.299 e. The second-order valence-electron chi connectivity index (χ2n) is 3.43. The van der Waals surface area contributed by atoms with Crippen molar-refractivity contribution >= 4 is 21.7 Å². The summed E-state index contributed by atoms with van der Waals surface area (Å²) in [5.41, 5.74) is 1.08. The summed E-state index contributed by atoms with van der Waals surface area (Å²) < 4.78 is 1.03. The van der Waals surface area contributed by atoms with E-state index in [0.29, 0.717) is 6.42 Å². The van der Waals surface area contributed by atoms with Crippen molar-refractivity contribution in [2.75, 3.05) is 0 Å². The molecule has 1 rings (SSSR count). The summed E-state index contributed by atoms with van der Waals surface area (Å²) >= 11 is 3.38. The number of hydrogen-bond donors (Lipinski definition) is 0. The number of benzene rings is 1. The fourth-order valence-electron chi connectivity index (χ4n) is 1.05. The monoisotopic (exact) mass is 270 g/mol. The van der Waals surface area contributed by atoms with E-state index in [0.717, 1.165) is 10.0 Å². The van der Waals surface area contributed by atoms with Crippen LogP contribution in [0.1, 0.15) is 33.3 Å². The number of hydrogen-bond acceptors (Lipinski definition) is 1. The van der Waals surface area contributed by atoms with Gasteiger partial charge in [-0.1, -0.05) is 55.8 Å². The van der Waals surface area contributed by atoms with E-state index in [2.05, 4.69) is 15.9 Å². The molecule has 0 N–H and O–H groups in total. The molecule has 1 aromatic carbocycles. The van der Waals surface area contributed by atoms with Crippen LogP contribution in [-0.2, 0) is 11.2 Å². The molecule has 0 saturated carbocycles. The third-order valence-corrected chi connectivity index (χ3v) is 2.40. The first-order chi connectivity index (χ1) is 7.09. The lowest BCUT2D eigenvalue weighted by atomic mass is 10.0. The largest absolute Gasteiger partial charge is 0.299 e. The van der Waals surface area contributed by atoms with Crippen molar-refractivity contribution < 1.29 is 4.79 Å². The molecule has 0 bridgehead atoms. The van der Waals surface area contributed by atoms with E-state index >= 15 is 0 Å². The Morgan fingerprint density at radius 1 is 1.33 bits per heavy atom. The fourth-order valence-corrected chi connectivity index (χ4v) is 1.50. The van der Waals surface area contributed by atoms with Gasteiger partial charge >= 0.3 is 0 Å². The zero-order valence-electron chi connectivity index (χ0n) is 9.88. The Balaban J connectivity index is 0.000000921. The summed E-state index contributed by atoms with van der Waals surface area (Å²) in [5.74, 6) is 0.414. The van der Waals surface area contributed by atoms with Crippen LogP contribution in [0.5, 0.6) is 0 Å². The number of halogens is 1. The minimum atomic E-state index is 0.124. The molecule has 0 aromatic heterocycles. The predicted molar refractivity (Wildman–Crippen MR) is 69.0 cm³/mol. The summed E-state index contributed by atoms with van der Waals surface area (Å²) in [5, 5.41) is 0. The van der Waals surface area contributed by atoms with Crippen LogP contribution in [0.25, 0.3) is 0 Å². The minimum absolute atomic E-state index is 0.124. The van der Waals surface area contributed by atoms with Crippen molar-refractivity contribution in [2.24, 2.45) is 5.92 Å². The van der Waals surface area contributed by atoms with Crippen LogP contribution in [0.4, 0.5) is 0 Å². The molecule has 15 heavy (non-hydrogen) atoms. The number of carbonyl (C=O) groups is 1. The van der Waals surface area contributed by atoms with Crippen LogP contribution in [-0.4, -0.2) is 5.78 Å². The van der Waals surface area contributed by atoms with Crippen molar-refractivity contribution in [1.82, 2.24) is 0 Å². The van der Waals surface area contributed by atoms with Crippen molar-refractivity contribution in [3.05, 3.63) is 34.3 Å². The van der Waals surface area contributed by atoms with Gasteiger partial charge in [-0.25, -0.2) is 0 Å². The van der Waals surface area contributed by atoms with Crippen LogP contribution in [0.15, 0.2) is 28.7 Å². The third kappa shape index (κ3) is 5.73. The first kappa shape index (κ1) is 14.4. The van der Waals surface area contributed by atoms with Gasteiger partial charge in [0.05, 0.1) is 0 Å². The summed E-state index contributed by atoms with van der Waals surface area (Å²) in [4.78, 5) is 11.4. The molecular weight excluding hydrogens is 252 g/mol. The van der Waals surface area contributed by atoms with Crippen LogP contribution in [0.2, 0.25) is 0 Å². The molecule has 0 amide bonds. The quantitative estimate of drug-likeness (QED) is 0.803. The van der Waals surface area contributed by atoms with Crippen LogP contribution < -0.4 is 0 Å². The van der Waals surface area contributed by atoms with Crippen LogP contribution >= 0.6 is 15.9 Å². The van der Waals surface area contributed by atoms with Gasteiger partial charge in [-0.05, 0) is 17.7 Å². The van der Waals surface area contributed by atoms with E-state index in [1.54, 1.807) is 0 Å². The maximum Gasteiger partial charge on any atom is 0.139 e. The van der Waals surface area contributed by atoms with Gasteiger partial charge in [0.15, 0.2) is 0 Å². The molecule has 0 atom stereocenters. The zero-order chi connectivity index (χ0) is 11.8. The van der Waals surface area contributed by atoms with Crippen molar-refractivity contribution in [3.63, 3.8) is 0 Å². The first-order valence-corrected chi connectivity index (χ1v) is 6.16. The molecule has 0 spiro atoms. The summed E-state index contributed by atoms with van der Waals surface area (Å²) in [6.45, 7) is 7.86. The van der Waals surface area contributed by atoms with Gasteiger partial charge in [-0.15, -0.1) is 0 Å². The Kier molecular flexibility index (Phi) is 7.31. The highest BCUT2D eigenvalue weighted by Crippen LogP contribution is 2.13. The predicted octanol–water partition coefficient (Wildman–Crippen LogP) is 4.24. The Labute approximate surface area is 101 Å². The summed E-state index contributed by atoms with van der Waals surface area (Å²) in [6, 6.07) is 7.88. The van der Waals surface area contributed by atoms with Gasteiger partial charge in [0.2, 0.25) is 0 Å². The van der Waals surface area contributed by atoms with Crippen molar-refractivity contribution in [3.8, 4) is 0 Å². The first-order valence-electron chi connectivity index (χ1n) is 5.36. The van der Waals surface area contributed by atoms with Crippen molar-refractivity contribution in [2.45, 2.75) is 34.1 Å². The molecule has 0 radical (unpaired) electrons. The topological polar surface area (TPSA) is 17.1 Å². The summed E-state index contributed by atoms with van der Waals surface area (Å²) in [7, 11) is 0. The third-order valence-electron chi connectivity index (χ3n) is 1.91. The van der Waals surface area contributed by atoms with Gasteiger partial charge in [-0.2, -0.15) is 0 Å². The molecule has 0 saturated heterocycles. The standard InChI is InChI=1S/C11H13BrO.C2H6/c1-8(2)11(13)7-9-4-3-5-10(12)6-9;1-2/h3-6,8H,7H2,1-2H3;1-2H3. The van der Waals surface area contributed by atoms with Gasteiger partial charge in [0, 0.05) is 16.8 Å². The van der Waals surface area contributed by atoms with E-state index in [1.165, 1.54) is 0 Å². The maximum atomic E-state index is 11.4. The molecule has 0 aliphatic rings. The Morgan fingerprint density at radius 2 is 1.93 bits per heavy atom. The van der Waals surface area contributed by atoms with E-state index in [9.17, 15) is 4.79 Å². The molecule has 1 nitrogen and oxygen atoms in total. The molecule has 0 fully saturated rings. The highest BCUT2D eigenvalue weighted by atomic mass is 79.9. The van der Waals surface area contributed by atoms with Gasteiger partial charge < -0.3 is 0 Å². The SMILES string of the molecule is CC.CC(C)C(=O)Cc1cccc(Br)c1. The number of ketones is 1. The number of rotatable bonds is 3. The normalized spacial score (nSPS) is 9.47. The lowest BCUT2D eigenvalue weighted by Crippen LogP contribution is -2.09. The number of carbonyl (C=O) groups excluding carboxylic acids is 1. The second kappa shape index (κ2) is 7.63. The Hall–Kier alpha value is -0.630. The van der Waals surface area contributed by atoms with E-state index in [1.807, 2.05) is 52.0 Å².